The molecular weight excluding hydrogens is 431 g/mol. The summed E-state index contributed by atoms with van der Waals surface area (Å²) < 4.78 is 1.05. The average molecular weight is 446 g/mol. The van der Waals surface area contributed by atoms with Crippen molar-refractivity contribution in [3.63, 3.8) is 0 Å². The smallest absolute Gasteiger partial charge is 0.0832 e. The van der Waals surface area contributed by atoms with Crippen molar-refractivity contribution in [1.29, 1.82) is 0 Å². The van der Waals surface area contributed by atoms with Gasteiger partial charge in [0.05, 0.1) is 22.5 Å². The standard InChI is InChI=1S/C21H15BrCl2N2/c22-16-8-6-14(7-9-16)19-13-20(15-4-2-1-3-5-15)26(25-19)21-12-17(23)10-11-18(21)24/h1-12,20H,13H2. The number of benzene rings is 3. The summed E-state index contributed by atoms with van der Waals surface area (Å²) >= 11 is 16.2. The normalized spacial score (nSPS) is 16.7. The lowest BCUT2D eigenvalue weighted by Gasteiger charge is -2.25. The fraction of sp³-hybridized carbons (Fsp3) is 0.0952. The van der Waals surface area contributed by atoms with Crippen LogP contribution in [0.2, 0.25) is 10.0 Å². The van der Waals surface area contributed by atoms with Gasteiger partial charge in [-0.25, -0.2) is 0 Å². The molecule has 0 saturated carbocycles. The molecule has 1 aliphatic rings. The predicted molar refractivity (Wildman–Crippen MR) is 113 cm³/mol. The molecule has 1 aliphatic heterocycles. The highest BCUT2D eigenvalue weighted by molar-refractivity contribution is 9.10. The number of anilines is 1. The zero-order valence-corrected chi connectivity index (χ0v) is 16.8. The summed E-state index contributed by atoms with van der Waals surface area (Å²) in [7, 11) is 0. The molecule has 0 bridgehead atoms. The molecule has 0 aromatic heterocycles. The summed E-state index contributed by atoms with van der Waals surface area (Å²) in [5, 5.41) is 8.17. The van der Waals surface area contributed by atoms with Crippen molar-refractivity contribution < 1.29 is 0 Å². The monoisotopic (exact) mass is 444 g/mol. The van der Waals surface area contributed by atoms with Crippen molar-refractivity contribution in [2.75, 3.05) is 5.01 Å². The second-order valence-electron chi connectivity index (χ2n) is 6.12. The van der Waals surface area contributed by atoms with E-state index in [4.69, 9.17) is 28.3 Å². The molecule has 0 aliphatic carbocycles. The van der Waals surface area contributed by atoms with Gasteiger partial charge in [-0.1, -0.05) is 81.6 Å². The number of nitrogens with zero attached hydrogens (tertiary/aromatic N) is 2. The first-order chi connectivity index (χ1) is 12.6. The van der Waals surface area contributed by atoms with Gasteiger partial charge in [0.25, 0.3) is 0 Å². The van der Waals surface area contributed by atoms with Crippen LogP contribution >= 0.6 is 39.1 Å². The first-order valence-corrected chi connectivity index (χ1v) is 9.79. The topological polar surface area (TPSA) is 15.6 Å². The highest BCUT2D eigenvalue weighted by Gasteiger charge is 2.31. The molecule has 0 saturated heterocycles. The third-order valence-corrected chi connectivity index (χ3v) is 5.51. The zero-order chi connectivity index (χ0) is 18.1. The van der Waals surface area contributed by atoms with Crippen molar-refractivity contribution in [2.45, 2.75) is 12.5 Å². The Bertz CT molecular complexity index is 956. The van der Waals surface area contributed by atoms with Crippen LogP contribution in [0.1, 0.15) is 23.6 Å². The summed E-state index contributed by atoms with van der Waals surface area (Å²) in [6.07, 6.45) is 0.800. The molecule has 0 amide bonds. The largest absolute Gasteiger partial charge is 0.256 e. The fourth-order valence-corrected chi connectivity index (χ4v) is 3.78. The van der Waals surface area contributed by atoms with Crippen molar-refractivity contribution in [2.24, 2.45) is 5.10 Å². The molecule has 3 aromatic rings. The Morgan fingerprint density at radius 2 is 1.65 bits per heavy atom. The number of hydrazone groups is 1. The molecule has 1 atom stereocenters. The molecule has 0 fully saturated rings. The van der Waals surface area contributed by atoms with Crippen molar-refractivity contribution in [3.8, 4) is 0 Å². The van der Waals surface area contributed by atoms with Crippen LogP contribution < -0.4 is 5.01 Å². The lowest BCUT2D eigenvalue weighted by molar-refractivity contribution is 0.709. The van der Waals surface area contributed by atoms with E-state index in [1.165, 1.54) is 5.56 Å². The van der Waals surface area contributed by atoms with Gasteiger partial charge in [-0.3, -0.25) is 5.01 Å². The third-order valence-electron chi connectivity index (χ3n) is 4.43. The molecule has 2 nitrogen and oxygen atoms in total. The van der Waals surface area contributed by atoms with E-state index in [9.17, 15) is 0 Å². The molecular formula is C21H15BrCl2N2. The van der Waals surface area contributed by atoms with Crippen LogP contribution in [0.15, 0.2) is 82.4 Å². The Kier molecular flexibility index (Phi) is 5.03. The summed E-state index contributed by atoms with van der Waals surface area (Å²) in [4.78, 5) is 0. The van der Waals surface area contributed by atoms with Crippen molar-refractivity contribution in [1.82, 2.24) is 0 Å². The average Bonchev–Trinajstić information content (AvgIpc) is 3.10. The molecule has 5 heteroatoms. The summed E-state index contributed by atoms with van der Waals surface area (Å²) in [5.41, 5.74) is 4.15. The maximum Gasteiger partial charge on any atom is 0.0832 e. The van der Waals surface area contributed by atoms with Gasteiger partial charge in [-0.05, 0) is 41.5 Å². The Hall–Kier alpha value is -1.81. The minimum atomic E-state index is 0.0748. The van der Waals surface area contributed by atoms with Crippen LogP contribution in [0.25, 0.3) is 0 Å². The summed E-state index contributed by atoms with van der Waals surface area (Å²) in [6.45, 7) is 0. The first kappa shape index (κ1) is 17.6. The highest BCUT2D eigenvalue weighted by atomic mass is 79.9. The van der Waals surface area contributed by atoms with Gasteiger partial charge in [-0.2, -0.15) is 5.10 Å². The molecule has 130 valence electrons. The second kappa shape index (κ2) is 7.43. The number of hydrogen-bond donors (Lipinski definition) is 0. The van der Waals surface area contributed by atoms with Gasteiger partial charge in [-0.15, -0.1) is 0 Å². The number of rotatable bonds is 3. The third kappa shape index (κ3) is 3.52. The van der Waals surface area contributed by atoms with E-state index in [1.54, 1.807) is 6.07 Å². The molecule has 3 aromatic carbocycles. The van der Waals surface area contributed by atoms with E-state index >= 15 is 0 Å². The van der Waals surface area contributed by atoms with Crippen molar-refractivity contribution >= 4 is 50.5 Å². The molecule has 0 radical (unpaired) electrons. The molecule has 1 unspecified atom stereocenters. The van der Waals surface area contributed by atoms with E-state index in [-0.39, 0.29) is 6.04 Å². The first-order valence-electron chi connectivity index (χ1n) is 8.24. The SMILES string of the molecule is Clc1ccc(Cl)c(N2N=C(c3ccc(Br)cc3)CC2c2ccccc2)c1. The van der Waals surface area contributed by atoms with Crippen LogP contribution in [-0.2, 0) is 0 Å². The Morgan fingerprint density at radius 3 is 2.38 bits per heavy atom. The van der Waals surface area contributed by atoms with Gasteiger partial charge >= 0.3 is 0 Å². The molecule has 4 rings (SSSR count). The molecule has 0 N–H and O–H groups in total. The van der Waals surface area contributed by atoms with Crippen LogP contribution in [0, 0.1) is 0 Å². The Labute approximate surface area is 171 Å². The lowest BCUT2D eigenvalue weighted by Crippen LogP contribution is -2.18. The van der Waals surface area contributed by atoms with Crippen molar-refractivity contribution in [3.05, 3.63) is 98.4 Å². The second-order valence-corrected chi connectivity index (χ2v) is 7.88. The van der Waals surface area contributed by atoms with E-state index in [0.717, 1.165) is 27.9 Å². The summed E-state index contributed by atoms with van der Waals surface area (Å²) in [6, 6.07) is 24.1. The van der Waals surface area contributed by atoms with Crippen LogP contribution in [0.3, 0.4) is 0 Å². The van der Waals surface area contributed by atoms with Gasteiger partial charge in [0.2, 0.25) is 0 Å². The van der Waals surface area contributed by atoms with Crippen LogP contribution in [-0.4, -0.2) is 5.71 Å². The maximum atomic E-state index is 6.47. The van der Waals surface area contributed by atoms with Crippen LogP contribution in [0.4, 0.5) is 5.69 Å². The van der Waals surface area contributed by atoms with Gasteiger partial charge in [0.15, 0.2) is 0 Å². The zero-order valence-electron chi connectivity index (χ0n) is 13.7. The predicted octanol–water partition coefficient (Wildman–Crippen LogP) is 7.11. The Morgan fingerprint density at radius 1 is 0.923 bits per heavy atom. The molecule has 1 heterocycles. The van der Waals surface area contributed by atoms with E-state index in [1.807, 2.05) is 47.5 Å². The van der Waals surface area contributed by atoms with E-state index in [2.05, 4.69) is 40.2 Å². The number of halogens is 3. The van der Waals surface area contributed by atoms with Gasteiger partial charge in [0.1, 0.15) is 0 Å². The minimum absolute atomic E-state index is 0.0748. The fourth-order valence-electron chi connectivity index (χ4n) is 3.15. The van der Waals surface area contributed by atoms with Gasteiger partial charge < -0.3 is 0 Å². The highest BCUT2D eigenvalue weighted by Crippen LogP contribution is 2.40. The lowest BCUT2D eigenvalue weighted by atomic mass is 9.98. The van der Waals surface area contributed by atoms with Crippen LogP contribution in [0.5, 0.6) is 0 Å². The van der Waals surface area contributed by atoms with E-state index in [0.29, 0.717) is 10.0 Å². The van der Waals surface area contributed by atoms with Gasteiger partial charge in [0, 0.05) is 15.9 Å². The Balaban J connectivity index is 1.79. The minimum Gasteiger partial charge on any atom is -0.256 e. The molecule has 0 spiro atoms. The number of hydrogen-bond acceptors (Lipinski definition) is 2. The summed E-state index contributed by atoms with van der Waals surface area (Å²) in [5.74, 6) is 0. The van der Waals surface area contributed by atoms with E-state index < -0.39 is 0 Å². The maximum absolute atomic E-state index is 6.47. The quantitative estimate of drug-likeness (QED) is 0.419. The molecule has 26 heavy (non-hydrogen) atoms.